The van der Waals surface area contributed by atoms with Crippen molar-refractivity contribution >= 4 is 38.7 Å². The van der Waals surface area contributed by atoms with E-state index in [0.717, 1.165) is 11.8 Å². The molecule has 0 spiro atoms. The molecule has 0 aliphatic rings. The number of nitrogens with two attached hydrogens (primary N) is 1. The summed E-state index contributed by atoms with van der Waals surface area (Å²) in [6.07, 6.45) is 1.88. The third-order valence-electron chi connectivity index (χ3n) is 3.60. The number of nitrogen functional groups attached to an aromatic ring is 1. The van der Waals surface area contributed by atoms with Crippen LogP contribution in [-0.2, 0) is 21.1 Å². The van der Waals surface area contributed by atoms with Crippen LogP contribution < -0.4 is 15.8 Å². The number of para-hydroxylation sites is 1. The molecule has 3 N–H and O–H groups in total. The van der Waals surface area contributed by atoms with Gasteiger partial charge in [-0.3, -0.25) is 4.79 Å². The van der Waals surface area contributed by atoms with E-state index in [4.69, 9.17) is 22.1 Å². The van der Waals surface area contributed by atoms with E-state index in [0.29, 0.717) is 28.6 Å². The summed E-state index contributed by atoms with van der Waals surface area (Å²) in [5.41, 5.74) is 7.82. The van der Waals surface area contributed by atoms with Gasteiger partial charge in [0.05, 0.1) is 11.4 Å². The Morgan fingerprint density at radius 2 is 1.96 bits per heavy atom. The number of rotatable bonds is 8. The van der Waals surface area contributed by atoms with Crippen LogP contribution in [0.2, 0.25) is 5.02 Å². The van der Waals surface area contributed by atoms with Gasteiger partial charge in [-0.25, -0.2) is 8.42 Å². The van der Waals surface area contributed by atoms with Gasteiger partial charge in [0, 0.05) is 23.4 Å². The Balaban J connectivity index is 1.99. The number of anilines is 2. The number of hydrogen-bond acceptors (Lipinski definition) is 5. The molecule has 0 bridgehead atoms. The van der Waals surface area contributed by atoms with Crippen molar-refractivity contribution in [3.8, 4) is 5.75 Å². The molecule has 8 heteroatoms. The number of nitrogens with one attached hydrogen (secondary N) is 1. The van der Waals surface area contributed by atoms with Gasteiger partial charge >= 0.3 is 0 Å². The topological polar surface area (TPSA) is 98.5 Å². The number of ether oxygens (including phenoxy) is 1. The molecule has 2 rings (SSSR count). The van der Waals surface area contributed by atoms with Gasteiger partial charge in [-0.05, 0) is 36.2 Å². The lowest BCUT2D eigenvalue weighted by Crippen LogP contribution is -2.16. The molecule has 0 radical (unpaired) electrons. The van der Waals surface area contributed by atoms with E-state index < -0.39 is 9.84 Å². The molecule has 0 saturated heterocycles. The predicted molar refractivity (Wildman–Crippen MR) is 104 cm³/mol. The molecule has 0 aromatic heterocycles. The van der Waals surface area contributed by atoms with Crippen molar-refractivity contribution < 1.29 is 17.9 Å². The van der Waals surface area contributed by atoms with E-state index in [9.17, 15) is 13.2 Å². The van der Waals surface area contributed by atoms with Crippen LogP contribution in [0.5, 0.6) is 5.75 Å². The Bertz CT molecular complexity index is 885. The van der Waals surface area contributed by atoms with Gasteiger partial charge in [0.15, 0.2) is 9.84 Å². The molecule has 1 amide bonds. The minimum atomic E-state index is -3.13. The first-order valence-corrected chi connectivity index (χ1v) is 10.4. The minimum absolute atomic E-state index is 0.0100. The van der Waals surface area contributed by atoms with Crippen molar-refractivity contribution in [3.63, 3.8) is 0 Å². The summed E-state index contributed by atoms with van der Waals surface area (Å²) in [6, 6.07) is 12.1. The van der Waals surface area contributed by atoms with Crippen molar-refractivity contribution in [1.82, 2.24) is 0 Å². The third-order valence-corrected chi connectivity index (χ3v) is 4.75. The second kappa shape index (κ2) is 8.91. The largest absolute Gasteiger partial charge is 0.490 e. The van der Waals surface area contributed by atoms with Gasteiger partial charge in [0.25, 0.3) is 0 Å². The molecule has 0 unspecified atom stereocenters. The number of carbonyl (C=O) groups excluding carboxylic acids is 1. The molecular weight excluding hydrogens is 376 g/mol. The summed E-state index contributed by atoms with van der Waals surface area (Å²) >= 11 is 5.98. The third kappa shape index (κ3) is 6.57. The van der Waals surface area contributed by atoms with Gasteiger partial charge in [-0.2, -0.15) is 0 Å². The summed E-state index contributed by atoms with van der Waals surface area (Å²) in [6.45, 7) is -0.0100. The van der Waals surface area contributed by atoms with Gasteiger partial charge in [0.2, 0.25) is 5.91 Å². The fourth-order valence-corrected chi connectivity index (χ4v) is 2.81. The monoisotopic (exact) mass is 396 g/mol. The molecule has 2 aromatic carbocycles. The zero-order valence-corrected chi connectivity index (χ0v) is 15.9. The van der Waals surface area contributed by atoms with Crippen LogP contribution in [0.1, 0.15) is 12.0 Å². The van der Waals surface area contributed by atoms with Gasteiger partial charge < -0.3 is 15.8 Å². The highest BCUT2D eigenvalue weighted by molar-refractivity contribution is 7.90. The predicted octanol–water partition coefficient (Wildman–Crippen LogP) is 2.92. The average molecular weight is 397 g/mol. The van der Waals surface area contributed by atoms with Crippen LogP contribution >= 0.6 is 11.6 Å². The van der Waals surface area contributed by atoms with Crippen LogP contribution in [0.15, 0.2) is 42.5 Å². The lowest BCUT2D eigenvalue weighted by molar-refractivity contribution is -0.116. The quantitative estimate of drug-likeness (QED) is 0.668. The fourth-order valence-electron chi connectivity index (χ4n) is 2.25. The Hall–Kier alpha value is -2.25. The van der Waals surface area contributed by atoms with Crippen LogP contribution in [-0.4, -0.2) is 32.9 Å². The van der Waals surface area contributed by atoms with Crippen molar-refractivity contribution in [2.45, 2.75) is 12.8 Å². The maximum absolute atomic E-state index is 12.2. The Labute approximate surface area is 158 Å². The maximum atomic E-state index is 12.2. The number of aryl methyl sites for hydroxylation is 1. The summed E-state index contributed by atoms with van der Waals surface area (Å²) < 4.78 is 27.9. The van der Waals surface area contributed by atoms with E-state index in [1.54, 1.807) is 24.3 Å². The van der Waals surface area contributed by atoms with Crippen LogP contribution in [0.25, 0.3) is 0 Å². The normalized spacial score (nSPS) is 11.2. The lowest BCUT2D eigenvalue weighted by atomic mass is 10.1. The summed E-state index contributed by atoms with van der Waals surface area (Å²) in [4.78, 5) is 12.2. The smallest absolute Gasteiger partial charge is 0.224 e. The van der Waals surface area contributed by atoms with Crippen molar-refractivity contribution in [2.75, 3.05) is 29.7 Å². The Morgan fingerprint density at radius 1 is 1.23 bits per heavy atom. The number of sulfone groups is 1. The molecule has 26 heavy (non-hydrogen) atoms. The minimum Gasteiger partial charge on any atom is -0.490 e. The molecule has 0 aliphatic heterocycles. The SMILES string of the molecule is CS(=O)(=O)CCOc1ccc(Cl)cc1NC(=O)CCc1ccccc1N. The molecule has 0 atom stereocenters. The molecule has 6 nitrogen and oxygen atoms in total. The molecule has 2 aromatic rings. The van der Waals surface area contributed by atoms with E-state index in [1.165, 1.54) is 0 Å². The summed E-state index contributed by atoms with van der Waals surface area (Å²) in [7, 11) is -3.13. The van der Waals surface area contributed by atoms with Gasteiger partial charge in [-0.1, -0.05) is 29.8 Å². The molecule has 0 saturated carbocycles. The van der Waals surface area contributed by atoms with Crippen LogP contribution in [0, 0.1) is 0 Å². The fraction of sp³-hybridized carbons (Fsp3) is 0.278. The zero-order valence-electron chi connectivity index (χ0n) is 14.4. The standard InChI is InChI=1S/C18H21ClN2O4S/c1-26(23,24)11-10-25-17-8-7-14(19)12-16(17)21-18(22)9-6-13-4-2-3-5-15(13)20/h2-5,7-8,12H,6,9-11,20H2,1H3,(H,21,22). The highest BCUT2D eigenvalue weighted by atomic mass is 35.5. The first-order chi connectivity index (χ1) is 12.2. The average Bonchev–Trinajstić information content (AvgIpc) is 2.55. The highest BCUT2D eigenvalue weighted by Crippen LogP contribution is 2.28. The summed E-state index contributed by atoms with van der Waals surface area (Å²) in [5.74, 6) is 0.0325. The van der Waals surface area contributed by atoms with E-state index in [-0.39, 0.29) is 24.7 Å². The highest BCUT2D eigenvalue weighted by Gasteiger charge is 2.11. The van der Waals surface area contributed by atoms with Crippen molar-refractivity contribution in [1.29, 1.82) is 0 Å². The van der Waals surface area contributed by atoms with Gasteiger partial charge in [-0.15, -0.1) is 0 Å². The number of carbonyl (C=O) groups is 1. The van der Waals surface area contributed by atoms with Gasteiger partial charge in [0.1, 0.15) is 12.4 Å². The Morgan fingerprint density at radius 3 is 2.65 bits per heavy atom. The number of amides is 1. The molecule has 0 aliphatic carbocycles. The number of halogens is 1. The van der Waals surface area contributed by atoms with E-state index in [2.05, 4.69) is 5.32 Å². The number of hydrogen-bond donors (Lipinski definition) is 2. The van der Waals surface area contributed by atoms with E-state index in [1.807, 2.05) is 18.2 Å². The number of benzene rings is 2. The molecule has 0 fully saturated rings. The van der Waals surface area contributed by atoms with Crippen molar-refractivity contribution in [3.05, 3.63) is 53.1 Å². The Kier molecular flexibility index (Phi) is 6.88. The molecular formula is C18H21ClN2O4S. The maximum Gasteiger partial charge on any atom is 0.224 e. The second-order valence-electron chi connectivity index (χ2n) is 5.87. The first-order valence-electron chi connectivity index (χ1n) is 7.98. The lowest BCUT2D eigenvalue weighted by Gasteiger charge is -2.13. The molecule has 140 valence electrons. The zero-order chi connectivity index (χ0) is 19.2. The van der Waals surface area contributed by atoms with Crippen LogP contribution in [0.4, 0.5) is 11.4 Å². The first kappa shape index (κ1) is 20.1. The van der Waals surface area contributed by atoms with E-state index >= 15 is 0 Å². The van der Waals surface area contributed by atoms with Crippen molar-refractivity contribution in [2.24, 2.45) is 0 Å². The van der Waals surface area contributed by atoms with Crippen LogP contribution in [0.3, 0.4) is 0 Å². The molecule has 0 heterocycles. The summed E-state index contributed by atoms with van der Waals surface area (Å²) in [5, 5.41) is 3.18. The second-order valence-corrected chi connectivity index (χ2v) is 8.56.